The van der Waals surface area contributed by atoms with Crippen LogP contribution in [-0.4, -0.2) is 52.0 Å². The maximum atomic E-state index is 13.4. The summed E-state index contributed by atoms with van der Waals surface area (Å²) in [5.41, 5.74) is 5.49. The van der Waals surface area contributed by atoms with E-state index in [1.54, 1.807) is 0 Å². The lowest BCUT2D eigenvalue weighted by Crippen LogP contribution is -2.48. The molecular formula is C23H26N4O2. The van der Waals surface area contributed by atoms with Gasteiger partial charge in [0.15, 0.2) is 0 Å². The molecule has 5 rings (SSSR count). The lowest BCUT2D eigenvalue weighted by atomic mass is 10.1. The Hall–Kier alpha value is -2.73. The quantitative estimate of drug-likeness (QED) is 0.680. The fourth-order valence-electron chi connectivity index (χ4n) is 4.10. The van der Waals surface area contributed by atoms with Gasteiger partial charge in [-0.1, -0.05) is 35.0 Å². The van der Waals surface area contributed by atoms with Crippen molar-refractivity contribution in [3.63, 3.8) is 0 Å². The van der Waals surface area contributed by atoms with Crippen molar-refractivity contribution >= 4 is 17.0 Å². The Bertz CT molecular complexity index is 1040. The third-order valence-corrected chi connectivity index (χ3v) is 6.05. The second-order valence-corrected chi connectivity index (χ2v) is 8.37. The molecule has 0 atom stereocenters. The SMILES string of the molecule is Cc1ccc(CN2CCN(C(=O)c3cc(C4CC4)nc4onc(C)c34)CC2)cc1. The van der Waals surface area contributed by atoms with Crippen molar-refractivity contribution in [2.45, 2.75) is 39.2 Å². The number of aryl methyl sites for hydroxylation is 2. The van der Waals surface area contributed by atoms with E-state index < -0.39 is 0 Å². The molecule has 1 saturated carbocycles. The van der Waals surface area contributed by atoms with E-state index in [-0.39, 0.29) is 5.91 Å². The number of carbonyl (C=O) groups excluding carboxylic acids is 1. The summed E-state index contributed by atoms with van der Waals surface area (Å²) < 4.78 is 5.40. The molecule has 6 heteroatoms. The summed E-state index contributed by atoms with van der Waals surface area (Å²) in [6.45, 7) is 8.14. The van der Waals surface area contributed by atoms with Crippen LogP contribution < -0.4 is 0 Å². The minimum Gasteiger partial charge on any atom is -0.336 e. The molecule has 1 amide bonds. The van der Waals surface area contributed by atoms with Gasteiger partial charge in [0.05, 0.1) is 16.6 Å². The molecule has 3 heterocycles. The van der Waals surface area contributed by atoms with E-state index in [2.05, 4.69) is 46.2 Å². The highest BCUT2D eigenvalue weighted by molar-refractivity contribution is 6.06. The third-order valence-electron chi connectivity index (χ3n) is 6.05. The molecule has 2 aromatic heterocycles. The van der Waals surface area contributed by atoms with Gasteiger partial charge in [0.1, 0.15) is 0 Å². The summed E-state index contributed by atoms with van der Waals surface area (Å²) in [6.07, 6.45) is 2.27. The van der Waals surface area contributed by atoms with Gasteiger partial charge >= 0.3 is 0 Å². The van der Waals surface area contributed by atoms with Gasteiger partial charge in [0.25, 0.3) is 11.6 Å². The Balaban J connectivity index is 1.32. The number of fused-ring (bicyclic) bond motifs is 1. The van der Waals surface area contributed by atoms with Crippen LogP contribution >= 0.6 is 0 Å². The normalized spacial score (nSPS) is 17.8. The highest BCUT2D eigenvalue weighted by Crippen LogP contribution is 2.40. The Kier molecular flexibility index (Phi) is 4.59. The monoisotopic (exact) mass is 390 g/mol. The van der Waals surface area contributed by atoms with E-state index in [1.165, 1.54) is 11.1 Å². The molecule has 150 valence electrons. The fourth-order valence-corrected chi connectivity index (χ4v) is 4.10. The molecule has 29 heavy (non-hydrogen) atoms. The van der Waals surface area contributed by atoms with Crippen LogP contribution in [0.25, 0.3) is 11.1 Å². The van der Waals surface area contributed by atoms with Gasteiger partial charge in [-0.05, 0) is 38.3 Å². The molecule has 0 radical (unpaired) electrons. The predicted molar refractivity (Wildman–Crippen MR) is 111 cm³/mol. The number of amides is 1. The zero-order valence-corrected chi connectivity index (χ0v) is 17.0. The number of hydrogen-bond acceptors (Lipinski definition) is 5. The van der Waals surface area contributed by atoms with Crippen LogP contribution in [0.4, 0.5) is 0 Å². The van der Waals surface area contributed by atoms with Gasteiger partial charge in [0, 0.05) is 44.3 Å². The highest BCUT2D eigenvalue weighted by Gasteiger charge is 2.30. The van der Waals surface area contributed by atoms with Gasteiger partial charge in [-0.3, -0.25) is 9.69 Å². The smallest absolute Gasteiger partial charge is 0.259 e. The average molecular weight is 390 g/mol. The van der Waals surface area contributed by atoms with Crippen molar-refractivity contribution in [3.8, 4) is 0 Å². The van der Waals surface area contributed by atoms with Crippen molar-refractivity contribution in [2.24, 2.45) is 0 Å². The van der Waals surface area contributed by atoms with Crippen LogP contribution in [0.5, 0.6) is 0 Å². The number of nitrogens with zero attached hydrogens (tertiary/aromatic N) is 4. The highest BCUT2D eigenvalue weighted by atomic mass is 16.5. The van der Waals surface area contributed by atoms with Crippen molar-refractivity contribution in [1.82, 2.24) is 19.9 Å². The van der Waals surface area contributed by atoms with Crippen molar-refractivity contribution < 1.29 is 9.32 Å². The topological polar surface area (TPSA) is 62.5 Å². The molecule has 1 aromatic carbocycles. The van der Waals surface area contributed by atoms with E-state index in [0.29, 0.717) is 17.2 Å². The summed E-state index contributed by atoms with van der Waals surface area (Å²) in [7, 11) is 0. The first-order chi connectivity index (χ1) is 14.1. The molecule has 0 spiro atoms. The maximum Gasteiger partial charge on any atom is 0.259 e. The Morgan fingerprint density at radius 3 is 2.52 bits per heavy atom. The zero-order valence-electron chi connectivity index (χ0n) is 17.0. The maximum absolute atomic E-state index is 13.4. The number of aromatic nitrogens is 2. The summed E-state index contributed by atoms with van der Waals surface area (Å²) in [4.78, 5) is 22.4. The lowest BCUT2D eigenvalue weighted by Gasteiger charge is -2.35. The number of hydrogen-bond donors (Lipinski definition) is 0. The second-order valence-electron chi connectivity index (χ2n) is 8.37. The number of pyridine rings is 1. The van der Waals surface area contributed by atoms with Gasteiger partial charge in [0.2, 0.25) is 0 Å². The number of benzene rings is 1. The summed E-state index contributed by atoms with van der Waals surface area (Å²) >= 11 is 0. The summed E-state index contributed by atoms with van der Waals surface area (Å²) in [5, 5.41) is 4.82. The van der Waals surface area contributed by atoms with Crippen LogP contribution in [0.1, 0.15) is 51.6 Å². The fraction of sp³-hybridized carbons (Fsp3) is 0.435. The largest absolute Gasteiger partial charge is 0.336 e. The second kappa shape index (κ2) is 7.26. The minimum atomic E-state index is 0.0700. The van der Waals surface area contributed by atoms with Gasteiger partial charge in [-0.2, -0.15) is 0 Å². The summed E-state index contributed by atoms with van der Waals surface area (Å²) in [6, 6.07) is 10.7. The van der Waals surface area contributed by atoms with Crippen molar-refractivity contribution in [3.05, 3.63) is 58.4 Å². The predicted octanol–water partition coefficient (Wildman–Crippen LogP) is 3.68. The molecule has 1 aliphatic heterocycles. The molecule has 0 bridgehead atoms. The molecule has 0 unspecified atom stereocenters. The Morgan fingerprint density at radius 1 is 1.10 bits per heavy atom. The molecule has 3 aromatic rings. The molecule has 2 fully saturated rings. The molecule has 1 saturated heterocycles. The lowest BCUT2D eigenvalue weighted by molar-refractivity contribution is 0.0630. The first-order valence-electron chi connectivity index (χ1n) is 10.4. The number of carbonyl (C=O) groups is 1. The van der Waals surface area contributed by atoms with Crippen LogP contribution in [0, 0.1) is 13.8 Å². The Morgan fingerprint density at radius 2 is 1.83 bits per heavy atom. The van der Waals surface area contributed by atoms with E-state index in [1.807, 2.05) is 17.9 Å². The third kappa shape index (κ3) is 3.65. The molecule has 6 nitrogen and oxygen atoms in total. The average Bonchev–Trinajstić information content (AvgIpc) is 3.52. The van der Waals surface area contributed by atoms with E-state index in [0.717, 1.165) is 62.3 Å². The van der Waals surface area contributed by atoms with Crippen LogP contribution in [0.3, 0.4) is 0 Å². The first kappa shape index (κ1) is 18.3. The number of rotatable bonds is 4. The van der Waals surface area contributed by atoms with Crippen molar-refractivity contribution in [1.29, 1.82) is 0 Å². The molecule has 1 aliphatic carbocycles. The van der Waals surface area contributed by atoms with Crippen LogP contribution in [0.15, 0.2) is 34.9 Å². The number of piperazine rings is 1. The molecule has 0 N–H and O–H groups in total. The van der Waals surface area contributed by atoms with Gasteiger partial charge in [-0.25, -0.2) is 4.98 Å². The van der Waals surface area contributed by atoms with Gasteiger partial charge < -0.3 is 9.42 Å². The Labute approximate surface area is 170 Å². The summed E-state index contributed by atoms with van der Waals surface area (Å²) in [5.74, 6) is 0.531. The molecular weight excluding hydrogens is 364 g/mol. The zero-order chi connectivity index (χ0) is 20.0. The first-order valence-corrected chi connectivity index (χ1v) is 10.4. The van der Waals surface area contributed by atoms with Crippen LogP contribution in [0.2, 0.25) is 0 Å². The standard InChI is InChI=1S/C23H26N4O2/c1-15-3-5-17(6-4-15)14-26-9-11-27(12-10-26)23(28)19-13-20(18-7-8-18)24-22-21(19)16(2)25-29-22/h3-6,13,18H,7-12,14H2,1-2H3. The molecule has 2 aliphatic rings. The van der Waals surface area contributed by atoms with Crippen LogP contribution in [-0.2, 0) is 6.54 Å². The van der Waals surface area contributed by atoms with E-state index in [4.69, 9.17) is 4.52 Å². The minimum absolute atomic E-state index is 0.0700. The van der Waals surface area contributed by atoms with Gasteiger partial charge in [-0.15, -0.1) is 0 Å². The van der Waals surface area contributed by atoms with E-state index in [9.17, 15) is 4.79 Å². The van der Waals surface area contributed by atoms with Crippen molar-refractivity contribution in [2.75, 3.05) is 26.2 Å². The van der Waals surface area contributed by atoms with E-state index >= 15 is 0 Å².